The van der Waals surface area contributed by atoms with Gasteiger partial charge in [-0.1, -0.05) is 41.4 Å². The van der Waals surface area contributed by atoms with E-state index in [1.807, 2.05) is 13.8 Å². The molecule has 0 saturated heterocycles. The van der Waals surface area contributed by atoms with Crippen LogP contribution in [0.25, 0.3) is 0 Å². The molecule has 1 aliphatic heterocycles. The van der Waals surface area contributed by atoms with E-state index < -0.39 is 47.0 Å². The molecule has 1 heterocycles. The van der Waals surface area contributed by atoms with E-state index in [1.165, 1.54) is 4.90 Å². The van der Waals surface area contributed by atoms with Gasteiger partial charge >= 0.3 is 0 Å². The van der Waals surface area contributed by atoms with Crippen molar-refractivity contribution in [3.05, 3.63) is 93.5 Å². The number of anilines is 1. The van der Waals surface area contributed by atoms with E-state index in [1.54, 1.807) is 42.5 Å². The summed E-state index contributed by atoms with van der Waals surface area (Å²) in [7, 11) is 0. The lowest BCUT2D eigenvalue weighted by Crippen LogP contribution is -2.57. The van der Waals surface area contributed by atoms with Gasteiger partial charge in [-0.3, -0.25) is 14.4 Å². The van der Waals surface area contributed by atoms with Gasteiger partial charge in [0.1, 0.15) is 36.1 Å². The first kappa shape index (κ1) is 28.3. The Balaban J connectivity index is 1.61. The van der Waals surface area contributed by atoms with E-state index in [4.69, 9.17) is 27.9 Å². The molecule has 7 nitrogen and oxygen atoms in total. The Morgan fingerprint density at radius 1 is 1.08 bits per heavy atom. The molecule has 0 aromatic heterocycles. The minimum Gasteiger partial charge on any atom is -0.489 e. The third kappa shape index (κ3) is 6.49. The Kier molecular flexibility index (Phi) is 8.72. The van der Waals surface area contributed by atoms with Crippen molar-refractivity contribution in [2.75, 3.05) is 11.5 Å². The van der Waals surface area contributed by atoms with Gasteiger partial charge < -0.3 is 20.3 Å². The fourth-order valence-electron chi connectivity index (χ4n) is 4.24. The standard InChI is InChI=1S/C28H25Cl2F2N3O4/c1-15(2)35-24-10-7-17(29)12-25(24)39-14-23(28(35)38)34-27(37)22(11-16-5-3-4-6-20(16)30)33-26(36)19-9-8-18(31)13-21(19)32/h3-10,12-13,15,22-23H,11,14H2,1-2H3,(H,33,36)(H,34,37)/t22-,23-/m1/s1. The molecule has 3 aromatic rings. The van der Waals surface area contributed by atoms with Gasteiger partial charge in [0.2, 0.25) is 5.91 Å². The molecule has 0 saturated carbocycles. The molecule has 0 aliphatic carbocycles. The molecule has 204 valence electrons. The molecule has 0 radical (unpaired) electrons. The molecule has 0 spiro atoms. The Morgan fingerprint density at radius 3 is 2.51 bits per heavy atom. The zero-order valence-electron chi connectivity index (χ0n) is 21.0. The smallest absolute Gasteiger partial charge is 0.254 e. The summed E-state index contributed by atoms with van der Waals surface area (Å²) >= 11 is 12.4. The quantitative estimate of drug-likeness (QED) is 0.418. The second-order valence-electron chi connectivity index (χ2n) is 9.23. The maximum Gasteiger partial charge on any atom is 0.254 e. The number of fused-ring (bicyclic) bond motifs is 1. The van der Waals surface area contributed by atoms with Crippen LogP contribution in [-0.2, 0) is 16.0 Å². The Bertz CT molecular complexity index is 1420. The Hall–Kier alpha value is -3.69. The predicted octanol–water partition coefficient (Wildman–Crippen LogP) is 4.93. The maximum atomic E-state index is 14.3. The summed E-state index contributed by atoms with van der Waals surface area (Å²) in [5.41, 5.74) is 0.595. The summed E-state index contributed by atoms with van der Waals surface area (Å²) in [5, 5.41) is 5.93. The van der Waals surface area contributed by atoms with Crippen molar-refractivity contribution in [3.63, 3.8) is 0 Å². The van der Waals surface area contributed by atoms with Crippen molar-refractivity contribution in [3.8, 4) is 5.75 Å². The monoisotopic (exact) mass is 575 g/mol. The lowest BCUT2D eigenvalue weighted by molar-refractivity contribution is -0.129. The van der Waals surface area contributed by atoms with Crippen LogP contribution in [0.4, 0.5) is 14.5 Å². The molecule has 0 unspecified atom stereocenters. The topological polar surface area (TPSA) is 87.7 Å². The van der Waals surface area contributed by atoms with Crippen molar-refractivity contribution in [2.24, 2.45) is 0 Å². The minimum absolute atomic E-state index is 0.0639. The zero-order chi connectivity index (χ0) is 28.3. The highest BCUT2D eigenvalue weighted by Crippen LogP contribution is 2.35. The van der Waals surface area contributed by atoms with Crippen LogP contribution in [0.2, 0.25) is 10.0 Å². The number of ether oxygens (including phenoxy) is 1. The van der Waals surface area contributed by atoms with Gasteiger partial charge in [-0.2, -0.15) is 0 Å². The maximum absolute atomic E-state index is 14.3. The van der Waals surface area contributed by atoms with Gasteiger partial charge in [-0.25, -0.2) is 8.78 Å². The molecular weight excluding hydrogens is 551 g/mol. The summed E-state index contributed by atoms with van der Waals surface area (Å²) < 4.78 is 33.5. The molecule has 2 N–H and O–H groups in total. The number of hydrogen-bond acceptors (Lipinski definition) is 4. The van der Waals surface area contributed by atoms with Crippen molar-refractivity contribution in [1.82, 2.24) is 10.6 Å². The van der Waals surface area contributed by atoms with Crippen LogP contribution in [-0.4, -0.2) is 42.5 Å². The summed E-state index contributed by atoms with van der Waals surface area (Å²) in [6.07, 6.45) is -0.0639. The average Bonchev–Trinajstić information content (AvgIpc) is 3.00. The first-order valence-corrected chi connectivity index (χ1v) is 12.9. The van der Waals surface area contributed by atoms with Crippen molar-refractivity contribution in [1.29, 1.82) is 0 Å². The van der Waals surface area contributed by atoms with E-state index in [9.17, 15) is 23.2 Å². The van der Waals surface area contributed by atoms with Crippen LogP contribution in [0.5, 0.6) is 5.75 Å². The summed E-state index contributed by atoms with van der Waals surface area (Å²) in [5.74, 6) is -3.63. The number of carbonyl (C=O) groups excluding carboxylic acids is 3. The number of carbonyl (C=O) groups is 3. The highest BCUT2D eigenvalue weighted by Gasteiger charge is 2.36. The van der Waals surface area contributed by atoms with Gasteiger partial charge in [0.15, 0.2) is 0 Å². The number of benzene rings is 3. The first-order valence-electron chi connectivity index (χ1n) is 12.1. The third-order valence-electron chi connectivity index (χ3n) is 6.13. The van der Waals surface area contributed by atoms with Crippen molar-refractivity contribution < 1.29 is 27.9 Å². The highest BCUT2D eigenvalue weighted by molar-refractivity contribution is 6.31. The van der Waals surface area contributed by atoms with Crippen molar-refractivity contribution >= 4 is 46.6 Å². The molecule has 1 aliphatic rings. The molecule has 0 fully saturated rings. The lowest BCUT2D eigenvalue weighted by Gasteiger charge is -2.29. The second-order valence-corrected chi connectivity index (χ2v) is 10.1. The van der Waals surface area contributed by atoms with Gasteiger partial charge in [0, 0.05) is 34.6 Å². The molecule has 3 aromatic carbocycles. The number of amides is 3. The fourth-order valence-corrected chi connectivity index (χ4v) is 4.62. The predicted molar refractivity (Wildman–Crippen MR) is 144 cm³/mol. The van der Waals surface area contributed by atoms with Gasteiger partial charge in [0.25, 0.3) is 11.8 Å². The molecule has 11 heteroatoms. The average molecular weight is 576 g/mol. The second kappa shape index (κ2) is 12.0. The number of rotatable bonds is 7. The van der Waals surface area contributed by atoms with Crippen LogP contribution in [0, 0.1) is 11.6 Å². The number of hydrogen-bond donors (Lipinski definition) is 2. The number of nitrogens with zero attached hydrogens (tertiary/aromatic N) is 1. The van der Waals surface area contributed by atoms with E-state index >= 15 is 0 Å². The van der Waals surface area contributed by atoms with Crippen LogP contribution >= 0.6 is 23.2 Å². The normalized spacial score (nSPS) is 15.7. The third-order valence-corrected chi connectivity index (χ3v) is 6.74. The summed E-state index contributed by atoms with van der Waals surface area (Å²) in [6, 6.07) is 11.4. The van der Waals surface area contributed by atoms with E-state index in [0.717, 1.165) is 12.1 Å². The number of nitrogens with one attached hydrogen (secondary N) is 2. The summed E-state index contributed by atoms with van der Waals surface area (Å²) in [6.45, 7) is 3.44. The highest BCUT2D eigenvalue weighted by atomic mass is 35.5. The lowest BCUT2D eigenvalue weighted by atomic mass is 10.0. The largest absolute Gasteiger partial charge is 0.489 e. The van der Waals surface area contributed by atoms with Crippen molar-refractivity contribution in [2.45, 2.75) is 38.4 Å². The van der Waals surface area contributed by atoms with Crippen LogP contribution in [0.15, 0.2) is 60.7 Å². The van der Waals surface area contributed by atoms with Gasteiger partial charge in [-0.05, 0) is 49.7 Å². The zero-order valence-corrected chi connectivity index (χ0v) is 22.5. The molecule has 4 rings (SSSR count). The van der Waals surface area contributed by atoms with E-state index in [-0.39, 0.29) is 19.1 Å². The van der Waals surface area contributed by atoms with E-state index in [2.05, 4.69) is 10.6 Å². The van der Waals surface area contributed by atoms with Gasteiger partial charge in [-0.15, -0.1) is 0 Å². The first-order chi connectivity index (χ1) is 18.5. The SMILES string of the molecule is CC(C)N1C(=O)[C@H](NC(=O)[C@@H](Cc2ccccc2Cl)NC(=O)c2ccc(F)cc2F)COc2cc(Cl)ccc21. The van der Waals surface area contributed by atoms with Crippen LogP contribution in [0.3, 0.4) is 0 Å². The Morgan fingerprint density at radius 2 is 1.82 bits per heavy atom. The van der Waals surface area contributed by atoms with Crippen LogP contribution < -0.4 is 20.3 Å². The van der Waals surface area contributed by atoms with Crippen LogP contribution in [0.1, 0.15) is 29.8 Å². The van der Waals surface area contributed by atoms with Gasteiger partial charge in [0.05, 0.1) is 11.3 Å². The fraction of sp³-hybridized carbons (Fsp3) is 0.250. The molecule has 3 amide bonds. The molecule has 2 atom stereocenters. The molecule has 0 bridgehead atoms. The minimum atomic E-state index is -1.26. The molecule has 39 heavy (non-hydrogen) atoms. The number of halogens is 4. The summed E-state index contributed by atoms with van der Waals surface area (Å²) in [4.78, 5) is 41.5. The Labute approximate surface area is 234 Å². The van der Waals surface area contributed by atoms with E-state index in [0.29, 0.717) is 33.1 Å². The molecular formula is C28H25Cl2F2N3O4.